The molecule has 0 aliphatic carbocycles. The molecular formula is C20H28N4O. The van der Waals surface area contributed by atoms with Crippen molar-refractivity contribution in [3.05, 3.63) is 53.2 Å². The maximum absolute atomic E-state index is 5.40. The van der Waals surface area contributed by atoms with Gasteiger partial charge < -0.3 is 4.52 Å². The molecule has 3 rings (SSSR count). The highest BCUT2D eigenvalue weighted by Crippen LogP contribution is 2.20. The molecule has 5 nitrogen and oxygen atoms in total. The van der Waals surface area contributed by atoms with E-state index >= 15 is 0 Å². The quantitative estimate of drug-likeness (QED) is 0.806. The van der Waals surface area contributed by atoms with E-state index in [1.807, 2.05) is 6.92 Å². The van der Waals surface area contributed by atoms with Gasteiger partial charge in [0.15, 0.2) is 5.82 Å². The second-order valence-corrected chi connectivity index (χ2v) is 6.79. The lowest BCUT2D eigenvalue weighted by Gasteiger charge is -2.37. The Morgan fingerprint density at radius 1 is 1.20 bits per heavy atom. The Morgan fingerprint density at radius 3 is 2.56 bits per heavy atom. The second-order valence-electron chi connectivity index (χ2n) is 6.79. The first-order chi connectivity index (χ1) is 12.2. The summed E-state index contributed by atoms with van der Waals surface area (Å²) >= 11 is 0. The van der Waals surface area contributed by atoms with Crippen molar-refractivity contribution in [1.29, 1.82) is 0 Å². The van der Waals surface area contributed by atoms with Gasteiger partial charge in [-0.15, -0.1) is 0 Å². The molecule has 1 aromatic heterocycles. The first-order valence-corrected chi connectivity index (χ1v) is 9.17. The van der Waals surface area contributed by atoms with E-state index in [0.717, 1.165) is 50.9 Å². The summed E-state index contributed by atoms with van der Waals surface area (Å²) in [6, 6.07) is 10.7. The molecule has 2 aromatic rings. The fourth-order valence-electron chi connectivity index (χ4n) is 3.28. The fraction of sp³-hybridized carbons (Fsp3) is 0.500. The molecule has 2 heterocycles. The largest absolute Gasteiger partial charge is 0.338 e. The zero-order valence-electron chi connectivity index (χ0n) is 15.5. The lowest BCUT2D eigenvalue weighted by Crippen LogP contribution is -2.47. The predicted octanol–water partition coefficient (Wildman–Crippen LogP) is 3.41. The summed E-state index contributed by atoms with van der Waals surface area (Å²) in [7, 11) is 0. The minimum absolute atomic E-state index is 0.191. The van der Waals surface area contributed by atoms with Gasteiger partial charge >= 0.3 is 0 Å². The fourth-order valence-corrected chi connectivity index (χ4v) is 3.28. The van der Waals surface area contributed by atoms with Crippen LogP contribution >= 0.6 is 0 Å². The molecule has 1 aromatic carbocycles. The van der Waals surface area contributed by atoms with E-state index in [-0.39, 0.29) is 6.04 Å². The van der Waals surface area contributed by atoms with Gasteiger partial charge in [-0.2, -0.15) is 4.98 Å². The zero-order valence-corrected chi connectivity index (χ0v) is 15.5. The second kappa shape index (κ2) is 8.41. The molecule has 0 saturated carbocycles. The van der Waals surface area contributed by atoms with E-state index in [4.69, 9.17) is 4.52 Å². The predicted molar refractivity (Wildman–Crippen MR) is 100 cm³/mol. The smallest absolute Gasteiger partial charge is 0.243 e. The Hall–Kier alpha value is -1.98. The topological polar surface area (TPSA) is 45.4 Å². The molecule has 1 unspecified atom stereocenters. The molecule has 25 heavy (non-hydrogen) atoms. The molecule has 0 spiro atoms. The van der Waals surface area contributed by atoms with Crippen LogP contribution in [0.15, 0.2) is 40.4 Å². The van der Waals surface area contributed by atoms with Crippen LogP contribution in [0.25, 0.3) is 6.08 Å². The summed E-state index contributed by atoms with van der Waals surface area (Å²) < 4.78 is 5.40. The number of aryl methyl sites for hydroxylation is 1. The summed E-state index contributed by atoms with van der Waals surface area (Å²) in [6.45, 7) is 11.6. The number of hydrogen-bond acceptors (Lipinski definition) is 5. The van der Waals surface area contributed by atoms with Crippen LogP contribution in [0.4, 0.5) is 0 Å². The van der Waals surface area contributed by atoms with Crippen molar-refractivity contribution < 1.29 is 4.52 Å². The van der Waals surface area contributed by atoms with E-state index in [2.05, 4.69) is 70.2 Å². The van der Waals surface area contributed by atoms with Gasteiger partial charge in [0.25, 0.3) is 0 Å². The minimum Gasteiger partial charge on any atom is -0.338 e. The molecule has 0 bridgehead atoms. The first kappa shape index (κ1) is 17.8. The number of benzene rings is 1. The third kappa shape index (κ3) is 4.77. The number of piperazine rings is 1. The Balaban J connectivity index is 1.50. The summed E-state index contributed by atoms with van der Waals surface area (Å²) in [5.74, 6) is 1.53. The molecule has 0 amide bonds. The summed E-state index contributed by atoms with van der Waals surface area (Å²) in [4.78, 5) is 9.42. The van der Waals surface area contributed by atoms with Gasteiger partial charge in [0.1, 0.15) is 0 Å². The number of aromatic nitrogens is 2. The van der Waals surface area contributed by atoms with Crippen molar-refractivity contribution in [3.63, 3.8) is 0 Å². The number of rotatable bonds is 6. The third-order valence-corrected chi connectivity index (χ3v) is 4.80. The average Bonchev–Trinajstić information content (AvgIpc) is 3.12. The highest BCUT2D eigenvalue weighted by Gasteiger charge is 2.25. The molecule has 1 aliphatic rings. The van der Waals surface area contributed by atoms with Gasteiger partial charge in [0.05, 0.1) is 6.04 Å². The van der Waals surface area contributed by atoms with Crippen molar-refractivity contribution in [1.82, 2.24) is 19.9 Å². The maximum Gasteiger partial charge on any atom is 0.243 e. The van der Waals surface area contributed by atoms with Gasteiger partial charge in [0, 0.05) is 39.1 Å². The molecule has 0 radical (unpaired) electrons. The standard InChI is InChI=1S/C20H28N4O/c1-4-19-21-20(25-22-19)17(3)24-12-10-23(11-13-24)15-16(2)14-18-8-6-5-7-9-18/h5-9,14,17H,4,10-13,15H2,1-3H3. The van der Waals surface area contributed by atoms with Gasteiger partial charge in [-0.1, -0.05) is 54.1 Å². The van der Waals surface area contributed by atoms with Gasteiger partial charge in [-0.25, -0.2) is 0 Å². The minimum atomic E-state index is 0.191. The Bertz CT molecular complexity index is 687. The SMILES string of the molecule is CCc1noc(C(C)N2CCN(CC(C)=Cc3ccccc3)CC2)n1. The van der Waals surface area contributed by atoms with Crippen molar-refractivity contribution in [2.24, 2.45) is 0 Å². The normalized spacial score (nSPS) is 18.4. The number of hydrogen-bond donors (Lipinski definition) is 0. The van der Waals surface area contributed by atoms with E-state index in [0.29, 0.717) is 0 Å². The lowest BCUT2D eigenvalue weighted by atomic mass is 10.1. The van der Waals surface area contributed by atoms with Crippen molar-refractivity contribution in [2.75, 3.05) is 32.7 Å². The van der Waals surface area contributed by atoms with Crippen LogP contribution in [0.2, 0.25) is 0 Å². The highest BCUT2D eigenvalue weighted by molar-refractivity contribution is 5.52. The molecule has 5 heteroatoms. The Morgan fingerprint density at radius 2 is 1.92 bits per heavy atom. The zero-order chi connectivity index (χ0) is 17.6. The Labute approximate surface area is 150 Å². The van der Waals surface area contributed by atoms with E-state index in [9.17, 15) is 0 Å². The van der Waals surface area contributed by atoms with Crippen LogP contribution in [0.5, 0.6) is 0 Å². The lowest BCUT2D eigenvalue weighted by molar-refractivity contribution is 0.0935. The van der Waals surface area contributed by atoms with E-state index in [1.54, 1.807) is 0 Å². The monoisotopic (exact) mass is 340 g/mol. The molecule has 0 N–H and O–H groups in total. The van der Waals surface area contributed by atoms with Gasteiger partial charge in [-0.05, 0) is 19.4 Å². The van der Waals surface area contributed by atoms with E-state index < -0.39 is 0 Å². The first-order valence-electron chi connectivity index (χ1n) is 9.17. The van der Waals surface area contributed by atoms with E-state index in [1.165, 1.54) is 11.1 Å². The van der Waals surface area contributed by atoms with Crippen molar-refractivity contribution in [2.45, 2.75) is 33.2 Å². The number of nitrogens with zero attached hydrogens (tertiary/aromatic N) is 4. The Kier molecular flexibility index (Phi) is 6.00. The molecule has 1 atom stereocenters. The van der Waals surface area contributed by atoms with Crippen LogP contribution < -0.4 is 0 Å². The molecule has 134 valence electrons. The summed E-state index contributed by atoms with van der Waals surface area (Å²) in [6.07, 6.45) is 3.09. The van der Waals surface area contributed by atoms with Crippen LogP contribution in [0, 0.1) is 0 Å². The molecule has 1 aliphatic heterocycles. The van der Waals surface area contributed by atoms with Crippen molar-refractivity contribution >= 4 is 6.08 Å². The van der Waals surface area contributed by atoms with Crippen LogP contribution in [0.3, 0.4) is 0 Å². The van der Waals surface area contributed by atoms with Gasteiger partial charge in [0.2, 0.25) is 5.89 Å². The highest BCUT2D eigenvalue weighted by atomic mass is 16.5. The summed E-state index contributed by atoms with van der Waals surface area (Å²) in [5.41, 5.74) is 2.67. The van der Waals surface area contributed by atoms with Crippen LogP contribution in [-0.4, -0.2) is 52.7 Å². The van der Waals surface area contributed by atoms with Crippen LogP contribution in [-0.2, 0) is 6.42 Å². The molecule has 1 saturated heterocycles. The van der Waals surface area contributed by atoms with Crippen molar-refractivity contribution in [3.8, 4) is 0 Å². The summed E-state index contributed by atoms with van der Waals surface area (Å²) in [5, 5.41) is 4.01. The van der Waals surface area contributed by atoms with Crippen LogP contribution in [0.1, 0.15) is 44.1 Å². The maximum atomic E-state index is 5.40. The van der Waals surface area contributed by atoms with Gasteiger partial charge in [-0.3, -0.25) is 9.80 Å². The molecular weight excluding hydrogens is 312 g/mol. The molecule has 1 fully saturated rings. The third-order valence-electron chi connectivity index (χ3n) is 4.80. The average molecular weight is 340 g/mol.